The van der Waals surface area contributed by atoms with Crippen LogP contribution in [0.5, 0.6) is 0 Å². The highest BCUT2D eigenvalue weighted by Crippen LogP contribution is 2.29. The van der Waals surface area contributed by atoms with Crippen molar-refractivity contribution in [1.82, 2.24) is 10.2 Å². The van der Waals surface area contributed by atoms with E-state index < -0.39 is 0 Å². The van der Waals surface area contributed by atoms with Crippen LogP contribution in [0.4, 0.5) is 5.69 Å². The SMILES string of the molecule is Cc1cccc(N2CCC(NC(=O)[C@@H]3CCCN3C(=O)C3CCCCC3)CC2)c1. The molecule has 29 heavy (non-hydrogen) atoms. The van der Waals surface area contributed by atoms with Gasteiger partial charge in [-0.2, -0.15) is 0 Å². The largest absolute Gasteiger partial charge is 0.371 e. The zero-order valence-corrected chi connectivity index (χ0v) is 17.7. The summed E-state index contributed by atoms with van der Waals surface area (Å²) in [7, 11) is 0. The van der Waals surface area contributed by atoms with Crippen LogP contribution >= 0.6 is 0 Å². The molecule has 3 fully saturated rings. The highest BCUT2D eigenvalue weighted by Gasteiger charge is 2.38. The van der Waals surface area contributed by atoms with Gasteiger partial charge in [0.1, 0.15) is 6.04 Å². The molecule has 2 saturated heterocycles. The van der Waals surface area contributed by atoms with E-state index in [1.807, 2.05) is 4.90 Å². The summed E-state index contributed by atoms with van der Waals surface area (Å²) >= 11 is 0. The Labute approximate surface area is 174 Å². The van der Waals surface area contributed by atoms with E-state index in [4.69, 9.17) is 0 Å². The summed E-state index contributed by atoms with van der Waals surface area (Å²) < 4.78 is 0. The molecule has 1 aromatic rings. The molecular formula is C24H35N3O2. The number of benzene rings is 1. The molecular weight excluding hydrogens is 362 g/mol. The number of rotatable bonds is 4. The minimum Gasteiger partial charge on any atom is -0.371 e. The maximum Gasteiger partial charge on any atom is 0.243 e. The Morgan fingerprint density at radius 2 is 1.69 bits per heavy atom. The number of hydrogen-bond acceptors (Lipinski definition) is 3. The lowest BCUT2D eigenvalue weighted by atomic mass is 9.88. The van der Waals surface area contributed by atoms with Crippen LogP contribution in [-0.2, 0) is 9.59 Å². The van der Waals surface area contributed by atoms with Crippen LogP contribution in [0.2, 0.25) is 0 Å². The lowest BCUT2D eigenvalue weighted by Crippen LogP contribution is -2.52. The predicted molar refractivity (Wildman–Crippen MR) is 116 cm³/mol. The first-order valence-electron chi connectivity index (χ1n) is 11.5. The first-order chi connectivity index (χ1) is 14.1. The van der Waals surface area contributed by atoms with E-state index in [0.29, 0.717) is 0 Å². The first-order valence-corrected chi connectivity index (χ1v) is 11.5. The average molecular weight is 398 g/mol. The Morgan fingerprint density at radius 1 is 0.931 bits per heavy atom. The van der Waals surface area contributed by atoms with Gasteiger partial charge in [0.15, 0.2) is 0 Å². The van der Waals surface area contributed by atoms with E-state index in [1.165, 1.54) is 17.7 Å². The molecule has 0 unspecified atom stereocenters. The molecule has 5 heteroatoms. The molecule has 2 heterocycles. The third-order valence-corrected chi connectivity index (χ3v) is 7.00. The molecule has 0 aromatic heterocycles. The number of nitrogens with one attached hydrogen (secondary N) is 1. The van der Waals surface area contributed by atoms with Crippen molar-refractivity contribution in [3.63, 3.8) is 0 Å². The van der Waals surface area contributed by atoms with Gasteiger partial charge in [-0.1, -0.05) is 31.4 Å². The van der Waals surface area contributed by atoms with Crippen LogP contribution in [0.1, 0.15) is 63.4 Å². The predicted octanol–water partition coefficient (Wildman–Crippen LogP) is 3.65. The first kappa shape index (κ1) is 20.2. The van der Waals surface area contributed by atoms with Crippen LogP contribution in [0.25, 0.3) is 0 Å². The molecule has 158 valence electrons. The van der Waals surface area contributed by atoms with Crippen LogP contribution in [-0.4, -0.2) is 48.4 Å². The van der Waals surface area contributed by atoms with Gasteiger partial charge in [0.05, 0.1) is 0 Å². The fourth-order valence-corrected chi connectivity index (χ4v) is 5.29. The monoisotopic (exact) mass is 397 g/mol. The van der Waals surface area contributed by atoms with Gasteiger partial charge in [0.2, 0.25) is 11.8 Å². The van der Waals surface area contributed by atoms with E-state index >= 15 is 0 Å². The molecule has 1 N–H and O–H groups in total. The molecule has 1 aliphatic carbocycles. The molecule has 1 saturated carbocycles. The van der Waals surface area contributed by atoms with Gasteiger partial charge in [-0.05, 0) is 63.1 Å². The Bertz CT molecular complexity index is 721. The summed E-state index contributed by atoms with van der Waals surface area (Å²) in [6, 6.07) is 8.59. The number of aryl methyl sites for hydroxylation is 1. The highest BCUT2D eigenvalue weighted by atomic mass is 16.2. The van der Waals surface area contributed by atoms with Crippen molar-refractivity contribution in [1.29, 1.82) is 0 Å². The normalized spacial score (nSPS) is 24.0. The Kier molecular flexibility index (Phi) is 6.41. The topological polar surface area (TPSA) is 52.7 Å². The molecule has 2 amide bonds. The van der Waals surface area contributed by atoms with Crippen molar-refractivity contribution < 1.29 is 9.59 Å². The Morgan fingerprint density at radius 3 is 2.41 bits per heavy atom. The molecule has 3 aliphatic rings. The second kappa shape index (κ2) is 9.19. The summed E-state index contributed by atoms with van der Waals surface area (Å²) in [4.78, 5) is 30.3. The van der Waals surface area contributed by atoms with Gasteiger partial charge < -0.3 is 15.1 Å². The van der Waals surface area contributed by atoms with E-state index in [1.54, 1.807) is 0 Å². The highest BCUT2D eigenvalue weighted by molar-refractivity contribution is 5.89. The van der Waals surface area contributed by atoms with Crippen molar-refractivity contribution in [2.45, 2.75) is 76.8 Å². The number of anilines is 1. The fourth-order valence-electron chi connectivity index (χ4n) is 5.29. The third kappa shape index (κ3) is 4.76. The minimum absolute atomic E-state index is 0.0701. The molecule has 0 radical (unpaired) electrons. The van der Waals surface area contributed by atoms with Crippen molar-refractivity contribution >= 4 is 17.5 Å². The van der Waals surface area contributed by atoms with E-state index in [-0.39, 0.29) is 29.8 Å². The number of amides is 2. The molecule has 0 bridgehead atoms. The smallest absolute Gasteiger partial charge is 0.243 e. The second-order valence-electron chi connectivity index (χ2n) is 9.13. The maximum absolute atomic E-state index is 13.0. The zero-order valence-electron chi connectivity index (χ0n) is 17.7. The van der Waals surface area contributed by atoms with E-state index in [2.05, 4.69) is 41.4 Å². The second-order valence-corrected chi connectivity index (χ2v) is 9.13. The van der Waals surface area contributed by atoms with Gasteiger partial charge in [0.25, 0.3) is 0 Å². The Hall–Kier alpha value is -2.04. The van der Waals surface area contributed by atoms with Gasteiger partial charge in [0, 0.05) is 37.3 Å². The number of piperidine rings is 1. The summed E-state index contributed by atoms with van der Waals surface area (Å²) in [5, 5.41) is 3.27. The lowest BCUT2D eigenvalue weighted by Gasteiger charge is -2.35. The molecule has 1 aromatic carbocycles. The number of hydrogen-bond donors (Lipinski definition) is 1. The molecule has 0 spiro atoms. The third-order valence-electron chi connectivity index (χ3n) is 7.00. The number of carbonyl (C=O) groups is 2. The van der Waals surface area contributed by atoms with Crippen molar-refractivity contribution in [2.24, 2.45) is 5.92 Å². The maximum atomic E-state index is 13.0. The fraction of sp³-hybridized carbons (Fsp3) is 0.667. The van der Waals surface area contributed by atoms with Crippen molar-refractivity contribution in [2.75, 3.05) is 24.5 Å². The summed E-state index contributed by atoms with van der Waals surface area (Å²) in [6.45, 7) is 4.80. The van der Waals surface area contributed by atoms with Gasteiger partial charge in [-0.15, -0.1) is 0 Å². The summed E-state index contributed by atoms with van der Waals surface area (Å²) in [5.74, 6) is 0.451. The lowest BCUT2D eigenvalue weighted by molar-refractivity contribution is -0.142. The zero-order chi connectivity index (χ0) is 20.2. The molecule has 2 aliphatic heterocycles. The van der Waals surface area contributed by atoms with Crippen LogP contribution < -0.4 is 10.2 Å². The van der Waals surface area contributed by atoms with Crippen LogP contribution in [0.3, 0.4) is 0 Å². The minimum atomic E-state index is -0.251. The summed E-state index contributed by atoms with van der Waals surface area (Å²) in [6.07, 6.45) is 9.24. The molecule has 4 rings (SSSR count). The quantitative estimate of drug-likeness (QED) is 0.844. The van der Waals surface area contributed by atoms with Crippen molar-refractivity contribution in [3.8, 4) is 0 Å². The molecule has 1 atom stereocenters. The van der Waals surface area contributed by atoms with Crippen LogP contribution in [0, 0.1) is 12.8 Å². The Balaban J connectivity index is 1.29. The molecule has 5 nitrogen and oxygen atoms in total. The van der Waals surface area contributed by atoms with E-state index in [0.717, 1.165) is 71.0 Å². The van der Waals surface area contributed by atoms with E-state index in [9.17, 15) is 9.59 Å². The average Bonchev–Trinajstić information content (AvgIpc) is 3.24. The van der Waals surface area contributed by atoms with Gasteiger partial charge in [-0.3, -0.25) is 9.59 Å². The number of likely N-dealkylation sites (tertiary alicyclic amines) is 1. The van der Waals surface area contributed by atoms with Crippen LogP contribution in [0.15, 0.2) is 24.3 Å². The summed E-state index contributed by atoms with van der Waals surface area (Å²) in [5.41, 5.74) is 2.55. The standard InChI is InChI=1S/C24H35N3O2/c1-18-7-5-10-21(17-18)26-15-12-20(13-16-26)25-23(28)22-11-6-14-27(22)24(29)19-8-3-2-4-9-19/h5,7,10,17,19-20,22H,2-4,6,8-9,11-16H2,1H3,(H,25,28)/t22-/m0/s1. The van der Waals surface area contributed by atoms with Gasteiger partial charge in [-0.25, -0.2) is 0 Å². The van der Waals surface area contributed by atoms with Gasteiger partial charge >= 0.3 is 0 Å². The van der Waals surface area contributed by atoms with Crippen molar-refractivity contribution in [3.05, 3.63) is 29.8 Å². The number of nitrogens with zero attached hydrogens (tertiary/aromatic N) is 2. The number of carbonyl (C=O) groups excluding carboxylic acids is 2.